The van der Waals surface area contributed by atoms with Gasteiger partial charge in [-0.15, -0.1) is 0 Å². The van der Waals surface area contributed by atoms with E-state index in [4.69, 9.17) is 23.5 Å². The van der Waals surface area contributed by atoms with E-state index in [1.807, 2.05) is 12.3 Å². The van der Waals surface area contributed by atoms with Gasteiger partial charge in [0.15, 0.2) is 0 Å². The highest BCUT2D eigenvalue weighted by atomic mass is 32.2. The van der Waals surface area contributed by atoms with Crippen molar-refractivity contribution in [1.82, 2.24) is 24.8 Å². The third-order valence-electron chi connectivity index (χ3n) is 10.4. The number of amides is 3. The Morgan fingerprint density at radius 3 is 2.60 bits per heavy atom. The predicted molar refractivity (Wildman–Crippen MR) is 203 cm³/mol. The van der Waals surface area contributed by atoms with E-state index in [0.29, 0.717) is 83.8 Å². The van der Waals surface area contributed by atoms with Gasteiger partial charge in [0.2, 0.25) is 5.91 Å². The number of nitrogens with two attached hydrogens (primary N) is 1. The Labute approximate surface area is 321 Å². The molecule has 1 aliphatic heterocycles. The number of carbonyl (C=O) groups excluding carboxylic acids is 3. The molecule has 2 aliphatic carbocycles. The first kappa shape index (κ1) is 40.4. The summed E-state index contributed by atoms with van der Waals surface area (Å²) >= 11 is 0. The fourth-order valence-corrected chi connectivity index (χ4v) is 7.98. The van der Waals surface area contributed by atoms with Gasteiger partial charge in [-0.1, -0.05) is 30.7 Å². The van der Waals surface area contributed by atoms with Gasteiger partial charge in [-0.25, -0.2) is 15.1 Å². The summed E-state index contributed by atoms with van der Waals surface area (Å²) in [4.78, 5) is 46.2. The van der Waals surface area contributed by atoms with E-state index < -0.39 is 10.3 Å². The van der Waals surface area contributed by atoms with Crippen molar-refractivity contribution in [3.05, 3.63) is 65.6 Å². The fraction of sp³-hybridized carbons (Fsp3) is 0.553. The number of ether oxygens (including phenoxy) is 3. The Kier molecular flexibility index (Phi) is 14.0. The molecule has 0 unspecified atom stereocenters. The second kappa shape index (κ2) is 19.1. The lowest BCUT2D eigenvalue weighted by Crippen LogP contribution is -2.31. The molecular formula is C38H51N7O9S. The molecule has 6 rings (SSSR count). The standard InChI is InChI=1S/C38H51N7O9S/c1-26-21-35(47)45(38(26)48)14-6-2-3-9-34(46)40-13-16-51-17-18-52-19-20-53-33-23-29(22-28(33)24-54-55(39,49)50)44-15-12-31-36(41-25-42-37(31)44)43-32-11-10-27-7-4-5-8-30(27)32/h4-5,7-8,12,15,21,25,28-29,32-33H,2-3,6,9-11,13-14,16-20,22-24H2,1H3,(H,40,46)(H2,39,49,50)(H,41,42,43)/t28-,29+,32-,33-/m0/s1. The van der Waals surface area contributed by atoms with Crippen molar-refractivity contribution in [3.8, 4) is 0 Å². The number of nitrogens with one attached hydrogen (secondary N) is 2. The normalized spacial score (nSPS) is 21.1. The number of benzene rings is 1. The van der Waals surface area contributed by atoms with E-state index in [0.717, 1.165) is 36.1 Å². The van der Waals surface area contributed by atoms with Crippen LogP contribution in [0, 0.1) is 5.92 Å². The van der Waals surface area contributed by atoms with Crippen LogP contribution in [0.5, 0.6) is 0 Å². The lowest BCUT2D eigenvalue weighted by molar-refractivity contribution is -0.137. The Balaban J connectivity index is 0.873. The number of anilines is 1. The molecule has 298 valence electrons. The molecule has 17 heteroatoms. The molecule has 0 saturated heterocycles. The van der Waals surface area contributed by atoms with Crippen LogP contribution in [0.3, 0.4) is 0 Å². The predicted octanol–water partition coefficient (Wildman–Crippen LogP) is 3.11. The highest BCUT2D eigenvalue weighted by Crippen LogP contribution is 2.40. The quantitative estimate of drug-likeness (QED) is 0.0994. The SMILES string of the molecule is CC1=CC(=O)N(CCCCCC(=O)NCCOCCOCCO[C@H]2C[C@H](n3ccc4c(N[C@H]5CCc6ccccc65)ncnc43)C[C@H]2COS(N)(=O)=O)C1=O. The van der Waals surface area contributed by atoms with Crippen LogP contribution in [0.25, 0.3) is 11.0 Å². The van der Waals surface area contributed by atoms with Crippen molar-refractivity contribution >= 4 is 44.9 Å². The molecule has 1 fully saturated rings. The van der Waals surface area contributed by atoms with Crippen molar-refractivity contribution in [1.29, 1.82) is 0 Å². The molecule has 2 aromatic heterocycles. The second-order valence-electron chi connectivity index (χ2n) is 14.2. The maximum atomic E-state index is 12.1. The van der Waals surface area contributed by atoms with Gasteiger partial charge in [-0.3, -0.25) is 23.5 Å². The molecule has 0 bridgehead atoms. The fourth-order valence-electron chi connectivity index (χ4n) is 7.61. The molecule has 3 aromatic rings. The molecule has 4 atom stereocenters. The lowest BCUT2D eigenvalue weighted by Gasteiger charge is -2.19. The molecule has 16 nitrogen and oxygen atoms in total. The molecule has 4 N–H and O–H groups in total. The van der Waals surface area contributed by atoms with Crippen LogP contribution < -0.4 is 15.8 Å². The van der Waals surface area contributed by atoms with Crippen LogP contribution in [0.15, 0.2) is 54.5 Å². The summed E-state index contributed by atoms with van der Waals surface area (Å²) in [5.74, 6) is -0.0258. The van der Waals surface area contributed by atoms with E-state index in [1.54, 1.807) is 13.3 Å². The van der Waals surface area contributed by atoms with Gasteiger partial charge in [-0.2, -0.15) is 8.42 Å². The summed E-state index contributed by atoms with van der Waals surface area (Å²) in [7, 11) is -4.12. The zero-order chi connectivity index (χ0) is 38.8. The van der Waals surface area contributed by atoms with Crippen molar-refractivity contribution in [2.45, 2.75) is 76.5 Å². The van der Waals surface area contributed by atoms with E-state index in [-0.39, 0.29) is 48.4 Å². The number of hydrogen-bond acceptors (Lipinski definition) is 12. The Bertz CT molecular complexity index is 1950. The zero-order valence-corrected chi connectivity index (χ0v) is 32.0. The first-order chi connectivity index (χ1) is 26.6. The lowest BCUT2D eigenvalue weighted by atomic mass is 10.1. The number of imide groups is 1. The monoisotopic (exact) mass is 781 g/mol. The van der Waals surface area contributed by atoms with Gasteiger partial charge in [0.1, 0.15) is 17.8 Å². The minimum absolute atomic E-state index is 0.0119. The highest BCUT2D eigenvalue weighted by Gasteiger charge is 2.37. The van der Waals surface area contributed by atoms with E-state index in [2.05, 4.69) is 49.4 Å². The Morgan fingerprint density at radius 2 is 1.80 bits per heavy atom. The van der Waals surface area contributed by atoms with Crippen molar-refractivity contribution in [2.24, 2.45) is 11.1 Å². The number of aromatic nitrogens is 3. The maximum Gasteiger partial charge on any atom is 0.333 e. The summed E-state index contributed by atoms with van der Waals surface area (Å²) in [6.07, 6.45) is 10.3. The average Bonchev–Trinajstić information content (AvgIpc) is 3.93. The van der Waals surface area contributed by atoms with E-state index in [9.17, 15) is 22.8 Å². The highest BCUT2D eigenvalue weighted by molar-refractivity contribution is 7.84. The summed E-state index contributed by atoms with van der Waals surface area (Å²) in [5.41, 5.74) is 3.90. The molecule has 55 heavy (non-hydrogen) atoms. The molecule has 3 aliphatic rings. The first-order valence-corrected chi connectivity index (χ1v) is 20.5. The number of nitrogens with zero attached hydrogens (tertiary/aromatic N) is 4. The topological polar surface area (TPSA) is 206 Å². The largest absolute Gasteiger partial charge is 0.377 e. The molecular weight excluding hydrogens is 731 g/mol. The van der Waals surface area contributed by atoms with Gasteiger partial charge in [0.05, 0.1) is 57.2 Å². The summed E-state index contributed by atoms with van der Waals surface area (Å²) < 4.78 is 47.8. The number of aryl methyl sites for hydroxylation is 1. The molecule has 3 heterocycles. The second-order valence-corrected chi connectivity index (χ2v) is 15.4. The van der Waals surface area contributed by atoms with Gasteiger partial charge in [-0.05, 0) is 62.6 Å². The maximum absolute atomic E-state index is 12.1. The van der Waals surface area contributed by atoms with Gasteiger partial charge < -0.3 is 29.4 Å². The van der Waals surface area contributed by atoms with Crippen LogP contribution in [0.4, 0.5) is 5.82 Å². The number of unbranched alkanes of at least 4 members (excludes halogenated alkanes) is 2. The minimum Gasteiger partial charge on any atom is -0.377 e. The molecule has 3 amide bonds. The van der Waals surface area contributed by atoms with Crippen molar-refractivity contribution in [2.75, 3.05) is 58.0 Å². The first-order valence-electron chi connectivity index (χ1n) is 19.0. The van der Waals surface area contributed by atoms with Crippen LogP contribution in [-0.2, 0) is 49.5 Å². The molecule has 0 spiro atoms. The van der Waals surface area contributed by atoms with Gasteiger partial charge >= 0.3 is 10.3 Å². The summed E-state index contributed by atoms with van der Waals surface area (Å²) in [6.45, 7) is 3.94. The Morgan fingerprint density at radius 1 is 1.00 bits per heavy atom. The zero-order valence-electron chi connectivity index (χ0n) is 31.2. The summed E-state index contributed by atoms with van der Waals surface area (Å²) in [6, 6.07) is 10.6. The molecule has 1 aromatic carbocycles. The smallest absolute Gasteiger partial charge is 0.333 e. The average molecular weight is 782 g/mol. The number of hydrogen-bond donors (Lipinski definition) is 3. The van der Waals surface area contributed by atoms with Gasteiger partial charge in [0.25, 0.3) is 11.8 Å². The third-order valence-corrected chi connectivity index (χ3v) is 10.8. The van der Waals surface area contributed by atoms with Crippen LogP contribution in [-0.4, -0.2) is 104 Å². The number of rotatable bonds is 22. The summed E-state index contributed by atoms with van der Waals surface area (Å²) in [5, 5.41) is 12.5. The van der Waals surface area contributed by atoms with Crippen LogP contribution in [0.2, 0.25) is 0 Å². The number of carbonyl (C=O) groups is 3. The molecule has 1 saturated carbocycles. The molecule has 0 radical (unpaired) electrons. The van der Waals surface area contributed by atoms with E-state index >= 15 is 0 Å². The van der Waals surface area contributed by atoms with Crippen LogP contribution in [0.1, 0.15) is 75.1 Å². The third kappa shape index (κ3) is 11.0. The van der Waals surface area contributed by atoms with Gasteiger partial charge in [0, 0.05) is 49.3 Å². The number of fused-ring (bicyclic) bond motifs is 2. The van der Waals surface area contributed by atoms with Crippen LogP contribution >= 0.6 is 0 Å². The van der Waals surface area contributed by atoms with Crippen molar-refractivity contribution < 1.29 is 41.2 Å². The van der Waals surface area contributed by atoms with Crippen molar-refractivity contribution in [3.63, 3.8) is 0 Å². The minimum atomic E-state index is -4.12. The Hall–Kier alpha value is -4.26. The van der Waals surface area contributed by atoms with E-state index in [1.165, 1.54) is 22.1 Å².